The first kappa shape index (κ1) is 15.8. The summed E-state index contributed by atoms with van der Waals surface area (Å²) in [5.41, 5.74) is 0. The van der Waals surface area contributed by atoms with Crippen molar-refractivity contribution in [3.63, 3.8) is 0 Å². The molecule has 0 aromatic rings. The van der Waals surface area contributed by atoms with Crippen molar-refractivity contribution >= 4 is 31.2 Å². The fourth-order valence-electron chi connectivity index (χ4n) is 1.71. The van der Waals surface area contributed by atoms with Crippen molar-refractivity contribution in [2.75, 3.05) is 0 Å². The van der Waals surface area contributed by atoms with E-state index in [9.17, 15) is 14.4 Å². The van der Waals surface area contributed by atoms with Crippen molar-refractivity contribution in [3.8, 4) is 0 Å². The summed E-state index contributed by atoms with van der Waals surface area (Å²) < 4.78 is 0.0450. The standard InChI is InChI=1S/3C4H7O.Sn.H/c3*1-2-3-4-5;;/h3*2-3H2,1H3;;. The van der Waals surface area contributed by atoms with Gasteiger partial charge in [-0.05, 0) is 0 Å². The quantitative estimate of drug-likeness (QED) is 0.606. The molecular formula is C12H22O3Sn. The van der Waals surface area contributed by atoms with Crippen LogP contribution in [0.1, 0.15) is 59.3 Å². The molecule has 3 nitrogen and oxygen atoms in total. The van der Waals surface area contributed by atoms with E-state index in [1.165, 1.54) is 0 Å². The molecular weight excluding hydrogens is 311 g/mol. The first-order valence-electron chi connectivity index (χ1n) is 6.16. The van der Waals surface area contributed by atoms with Gasteiger partial charge < -0.3 is 0 Å². The second-order valence-electron chi connectivity index (χ2n) is 4.08. The molecule has 4 heteroatoms. The Labute approximate surface area is 105 Å². The Morgan fingerprint density at radius 2 is 0.938 bits per heavy atom. The molecule has 0 heterocycles. The van der Waals surface area contributed by atoms with E-state index in [4.69, 9.17) is 0 Å². The molecule has 0 N–H and O–H groups in total. The molecule has 16 heavy (non-hydrogen) atoms. The molecule has 0 saturated carbocycles. The van der Waals surface area contributed by atoms with Crippen molar-refractivity contribution < 1.29 is 14.4 Å². The maximum absolute atomic E-state index is 11.8. The van der Waals surface area contributed by atoms with E-state index in [1.54, 1.807) is 0 Å². The van der Waals surface area contributed by atoms with Crippen LogP contribution < -0.4 is 0 Å². The first-order valence-corrected chi connectivity index (χ1v) is 11.1. The number of carbonyl (C=O) groups is 3. The van der Waals surface area contributed by atoms with Crippen LogP contribution in [0.3, 0.4) is 0 Å². The predicted octanol–water partition coefficient (Wildman–Crippen LogP) is 1.94. The predicted molar refractivity (Wildman–Crippen MR) is 66.9 cm³/mol. The molecule has 0 aliphatic heterocycles. The van der Waals surface area contributed by atoms with E-state index in [-0.39, 0.29) is 11.4 Å². The maximum atomic E-state index is 11.8. The van der Waals surface area contributed by atoms with Crippen LogP contribution in [0.15, 0.2) is 0 Å². The fourth-order valence-corrected chi connectivity index (χ4v) is 9.73. The van der Waals surface area contributed by atoms with E-state index >= 15 is 0 Å². The average Bonchev–Trinajstić information content (AvgIpc) is 2.19. The Morgan fingerprint density at radius 1 is 0.688 bits per heavy atom. The van der Waals surface area contributed by atoms with E-state index in [0.29, 0.717) is 19.3 Å². The summed E-state index contributed by atoms with van der Waals surface area (Å²) >= 11 is -3.26. The summed E-state index contributed by atoms with van der Waals surface area (Å²) in [5.74, 6) is 0. The van der Waals surface area contributed by atoms with E-state index in [0.717, 1.165) is 19.3 Å². The van der Waals surface area contributed by atoms with Crippen LogP contribution >= 0.6 is 0 Å². The van der Waals surface area contributed by atoms with Gasteiger partial charge in [0.1, 0.15) is 0 Å². The van der Waals surface area contributed by atoms with Crippen molar-refractivity contribution in [2.24, 2.45) is 0 Å². The number of carbonyl (C=O) groups excluding carboxylic acids is 3. The summed E-state index contributed by atoms with van der Waals surface area (Å²) in [4.78, 5) is 35.5. The Hall–Kier alpha value is -0.191. The number of hydrogen-bond acceptors (Lipinski definition) is 3. The summed E-state index contributed by atoms with van der Waals surface area (Å²) in [6, 6.07) is 0. The van der Waals surface area contributed by atoms with Gasteiger partial charge in [0.2, 0.25) is 0 Å². The van der Waals surface area contributed by atoms with Gasteiger partial charge in [-0.3, -0.25) is 0 Å². The molecule has 0 aliphatic rings. The van der Waals surface area contributed by atoms with Crippen molar-refractivity contribution in [3.05, 3.63) is 0 Å². The van der Waals surface area contributed by atoms with Crippen molar-refractivity contribution in [1.29, 1.82) is 0 Å². The van der Waals surface area contributed by atoms with E-state index in [1.807, 2.05) is 20.8 Å². The van der Waals surface area contributed by atoms with Gasteiger partial charge in [-0.25, -0.2) is 0 Å². The average molecular weight is 333 g/mol. The molecule has 0 spiro atoms. The van der Waals surface area contributed by atoms with Crippen molar-refractivity contribution in [2.45, 2.75) is 59.3 Å². The van der Waals surface area contributed by atoms with Crippen LogP contribution in [0, 0.1) is 0 Å². The Balaban J connectivity index is 4.68. The summed E-state index contributed by atoms with van der Waals surface area (Å²) in [6.45, 7) is 5.74. The van der Waals surface area contributed by atoms with Gasteiger partial charge >= 0.3 is 105 Å². The molecule has 0 rings (SSSR count). The second kappa shape index (κ2) is 8.90. The van der Waals surface area contributed by atoms with Gasteiger partial charge in [0.25, 0.3) is 0 Å². The topological polar surface area (TPSA) is 51.2 Å². The zero-order chi connectivity index (χ0) is 12.6. The third-order valence-corrected chi connectivity index (χ3v) is 10.4. The van der Waals surface area contributed by atoms with E-state index in [2.05, 4.69) is 0 Å². The molecule has 0 unspecified atom stereocenters. The molecule has 0 radical (unpaired) electrons. The third kappa shape index (κ3) is 5.23. The Bertz CT molecular complexity index is 218. The monoisotopic (exact) mass is 334 g/mol. The first-order chi connectivity index (χ1) is 7.58. The zero-order valence-electron chi connectivity index (χ0n) is 10.5. The van der Waals surface area contributed by atoms with E-state index < -0.39 is 19.8 Å². The van der Waals surface area contributed by atoms with Crippen LogP contribution in [0.4, 0.5) is 0 Å². The van der Waals surface area contributed by atoms with Crippen LogP contribution in [0.5, 0.6) is 0 Å². The minimum absolute atomic E-state index is 0.0150. The van der Waals surface area contributed by atoms with Gasteiger partial charge in [0.15, 0.2) is 0 Å². The minimum atomic E-state index is -3.26. The van der Waals surface area contributed by atoms with Gasteiger partial charge in [-0.2, -0.15) is 0 Å². The summed E-state index contributed by atoms with van der Waals surface area (Å²) in [6.07, 6.45) is 3.49. The molecule has 0 saturated heterocycles. The van der Waals surface area contributed by atoms with Crippen LogP contribution in [0.25, 0.3) is 0 Å². The molecule has 0 aromatic heterocycles. The molecule has 0 aromatic carbocycles. The zero-order valence-corrected chi connectivity index (χ0v) is 13.8. The normalized spacial score (nSPS) is 10.5. The van der Waals surface area contributed by atoms with Crippen molar-refractivity contribution in [1.82, 2.24) is 0 Å². The molecule has 0 aliphatic carbocycles. The Kier molecular flexibility index (Phi) is 8.80. The molecule has 0 amide bonds. The fraction of sp³-hybridized carbons (Fsp3) is 0.750. The SMILES string of the molecule is CCC[C](=O)[SnH]([C](=O)CCC)[C](=O)CCC. The van der Waals surface area contributed by atoms with Crippen LogP contribution in [-0.4, -0.2) is 31.2 Å². The van der Waals surface area contributed by atoms with Gasteiger partial charge in [-0.1, -0.05) is 0 Å². The van der Waals surface area contributed by atoms with Gasteiger partial charge in [-0.15, -0.1) is 0 Å². The van der Waals surface area contributed by atoms with Gasteiger partial charge in [0, 0.05) is 0 Å². The van der Waals surface area contributed by atoms with Gasteiger partial charge in [0.05, 0.1) is 0 Å². The second-order valence-corrected chi connectivity index (χ2v) is 12.1. The molecule has 0 atom stereocenters. The third-order valence-electron chi connectivity index (χ3n) is 2.46. The van der Waals surface area contributed by atoms with Crippen LogP contribution in [-0.2, 0) is 14.4 Å². The molecule has 0 bridgehead atoms. The number of rotatable bonds is 9. The summed E-state index contributed by atoms with van der Waals surface area (Å²) in [5, 5.41) is 0. The molecule has 0 fully saturated rings. The molecule has 92 valence electrons. The summed E-state index contributed by atoms with van der Waals surface area (Å²) in [7, 11) is 0. The van der Waals surface area contributed by atoms with Crippen LogP contribution in [0.2, 0.25) is 0 Å². The number of hydrogen-bond donors (Lipinski definition) is 0. The Morgan fingerprint density at radius 3 is 1.12 bits per heavy atom.